The molecule has 0 unspecified atom stereocenters. The molecule has 1 aromatic rings. The Labute approximate surface area is 73.7 Å². The second-order valence-corrected chi connectivity index (χ2v) is 4.63. The SMILES string of the molecule is OP(O)(=S)Oc1ccc(F)cc1. The van der Waals surface area contributed by atoms with Gasteiger partial charge in [0.2, 0.25) is 0 Å². The molecule has 2 N–H and O–H groups in total. The Morgan fingerprint density at radius 1 is 1.25 bits per heavy atom. The van der Waals surface area contributed by atoms with E-state index in [4.69, 9.17) is 9.79 Å². The molecular weight excluding hydrogens is 202 g/mol. The van der Waals surface area contributed by atoms with Crippen molar-refractivity contribution in [2.24, 2.45) is 0 Å². The first-order valence-electron chi connectivity index (χ1n) is 2.98. The highest BCUT2D eigenvalue weighted by molar-refractivity contribution is 8.06. The van der Waals surface area contributed by atoms with Crippen LogP contribution in [0.3, 0.4) is 0 Å². The molecule has 0 spiro atoms. The van der Waals surface area contributed by atoms with Gasteiger partial charge in [-0.25, -0.2) is 4.39 Å². The van der Waals surface area contributed by atoms with Gasteiger partial charge in [-0.2, -0.15) is 0 Å². The molecule has 0 saturated heterocycles. The van der Waals surface area contributed by atoms with Gasteiger partial charge in [0, 0.05) is 11.8 Å². The summed E-state index contributed by atoms with van der Waals surface area (Å²) in [6.07, 6.45) is 0. The number of hydrogen-bond donors (Lipinski definition) is 2. The van der Waals surface area contributed by atoms with Gasteiger partial charge in [-0.1, -0.05) is 0 Å². The molecule has 6 heteroatoms. The summed E-state index contributed by atoms with van der Waals surface area (Å²) < 4.78 is 16.8. The van der Waals surface area contributed by atoms with Crippen LogP contribution in [0.15, 0.2) is 24.3 Å². The first-order valence-corrected chi connectivity index (χ1v) is 5.61. The molecule has 0 atom stereocenters. The molecule has 0 amide bonds. The van der Waals surface area contributed by atoms with Crippen molar-refractivity contribution in [2.45, 2.75) is 0 Å². The van der Waals surface area contributed by atoms with Crippen LogP contribution >= 0.6 is 6.72 Å². The van der Waals surface area contributed by atoms with E-state index < -0.39 is 12.5 Å². The highest BCUT2D eigenvalue weighted by atomic mass is 32.5. The molecule has 0 heterocycles. The van der Waals surface area contributed by atoms with Crippen molar-refractivity contribution in [3.05, 3.63) is 30.1 Å². The Balaban J connectivity index is 2.78. The van der Waals surface area contributed by atoms with Crippen LogP contribution in [0.1, 0.15) is 0 Å². The van der Waals surface area contributed by atoms with Gasteiger partial charge in [0.05, 0.1) is 0 Å². The van der Waals surface area contributed by atoms with E-state index in [9.17, 15) is 4.39 Å². The molecule has 0 radical (unpaired) electrons. The summed E-state index contributed by atoms with van der Waals surface area (Å²) in [4.78, 5) is 17.4. The van der Waals surface area contributed by atoms with E-state index in [1.165, 1.54) is 12.1 Å². The maximum atomic E-state index is 12.3. The summed E-state index contributed by atoms with van der Waals surface area (Å²) >= 11 is 4.21. The first-order chi connectivity index (χ1) is 5.47. The molecule has 12 heavy (non-hydrogen) atoms. The lowest BCUT2D eigenvalue weighted by molar-refractivity contribution is 0.370. The lowest BCUT2D eigenvalue weighted by atomic mass is 10.3. The third-order valence-electron chi connectivity index (χ3n) is 1.04. The van der Waals surface area contributed by atoms with Gasteiger partial charge < -0.3 is 14.3 Å². The second kappa shape index (κ2) is 3.49. The van der Waals surface area contributed by atoms with Crippen LogP contribution in [0.25, 0.3) is 0 Å². The van der Waals surface area contributed by atoms with E-state index in [2.05, 4.69) is 16.3 Å². The Morgan fingerprint density at radius 2 is 1.75 bits per heavy atom. The molecule has 0 fully saturated rings. The van der Waals surface area contributed by atoms with Gasteiger partial charge in [-0.15, -0.1) is 0 Å². The van der Waals surface area contributed by atoms with Crippen molar-refractivity contribution in [1.82, 2.24) is 0 Å². The second-order valence-electron chi connectivity index (χ2n) is 2.04. The van der Waals surface area contributed by atoms with Crippen LogP contribution in [-0.2, 0) is 11.8 Å². The smallest absolute Gasteiger partial charge is 0.375 e. The highest BCUT2D eigenvalue weighted by Gasteiger charge is 2.09. The average molecular weight is 208 g/mol. The summed E-state index contributed by atoms with van der Waals surface area (Å²) in [5, 5.41) is 0. The number of benzene rings is 1. The topological polar surface area (TPSA) is 49.7 Å². The van der Waals surface area contributed by atoms with Crippen molar-refractivity contribution in [1.29, 1.82) is 0 Å². The third kappa shape index (κ3) is 3.28. The van der Waals surface area contributed by atoms with E-state index in [1.807, 2.05) is 0 Å². The quantitative estimate of drug-likeness (QED) is 0.721. The summed E-state index contributed by atoms with van der Waals surface area (Å²) in [7, 11) is 0. The number of rotatable bonds is 2. The van der Waals surface area contributed by atoms with Crippen molar-refractivity contribution in [2.75, 3.05) is 0 Å². The normalized spacial score (nSPS) is 11.2. The maximum absolute atomic E-state index is 12.3. The standard InChI is InChI=1S/C6H6FO3PS/c7-5-1-3-6(4-2-5)10-11(8,9)12/h1-4H,(H2,8,9,12). The zero-order valence-electron chi connectivity index (χ0n) is 5.85. The fraction of sp³-hybridized carbons (Fsp3) is 0. The summed E-state index contributed by atoms with van der Waals surface area (Å²) in [5.41, 5.74) is 0. The summed E-state index contributed by atoms with van der Waals surface area (Å²) in [6.45, 7) is -3.69. The third-order valence-corrected chi connectivity index (χ3v) is 1.71. The fourth-order valence-corrected chi connectivity index (χ4v) is 1.29. The van der Waals surface area contributed by atoms with Gasteiger partial charge in [-0.05, 0) is 24.3 Å². The van der Waals surface area contributed by atoms with Crippen molar-refractivity contribution >= 4 is 18.5 Å². The Bertz CT molecular complexity index is 307. The maximum Gasteiger partial charge on any atom is 0.375 e. The van der Waals surface area contributed by atoms with Gasteiger partial charge >= 0.3 is 6.72 Å². The first kappa shape index (κ1) is 9.61. The molecule has 0 aromatic heterocycles. The van der Waals surface area contributed by atoms with Crippen LogP contribution in [-0.4, -0.2) is 9.79 Å². The van der Waals surface area contributed by atoms with E-state index in [0.29, 0.717) is 0 Å². The Kier molecular flexibility index (Phi) is 2.80. The minimum Gasteiger partial charge on any atom is -0.424 e. The molecule has 0 aliphatic rings. The Morgan fingerprint density at radius 3 is 2.17 bits per heavy atom. The molecular formula is C6H6FO3PS. The zero-order chi connectivity index (χ0) is 9.19. The molecule has 0 bridgehead atoms. The molecule has 0 saturated carbocycles. The van der Waals surface area contributed by atoms with Crippen molar-refractivity contribution < 1.29 is 18.7 Å². The van der Waals surface area contributed by atoms with E-state index in [-0.39, 0.29) is 5.75 Å². The van der Waals surface area contributed by atoms with E-state index in [1.54, 1.807) is 0 Å². The average Bonchev–Trinajstić information content (AvgIpc) is 1.91. The molecule has 0 aliphatic carbocycles. The van der Waals surface area contributed by atoms with Crippen LogP contribution in [0.5, 0.6) is 5.75 Å². The zero-order valence-corrected chi connectivity index (χ0v) is 7.56. The lowest BCUT2D eigenvalue weighted by Crippen LogP contribution is -1.89. The predicted octanol–water partition coefficient (Wildman–Crippen LogP) is 1.41. The molecule has 0 aliphatic heterocycles. The monoisotopic (exact) mass is 208 g/mol. The lowest BCUT2D eigenvalue weighted by Gasteiger charge is -2.08. The van der Waals surface area contributed by atoms with Crippen LogP contribution in [0, 0.1) is 5.82 Å². The van der Waals surface area contributed by atoms with E-state index in [0.717, 1.165) is 12.1 Å². The van der Waals surface area contributed by atoms with Gasteiger partial charge in [0.1, 0.15) is 11.6 Å². The minimum atomic E-state index is -3.69. The van der Waals surface area contributed by atoms with Crippen LogP contribution < -0.4 is 4.52 Å². The Hall–Kier alpha value is -0.480. The molecule has 3 nitrogen and oxygen atoms in total. The van der Waals surface area contributed by atoms with Gasteiger partial charge in [0.15, 0.2) is 0 Å². The summed E-state index contributed by atoms with van der Waals surface area (Å²) in [5.74, 6) is -0.281. The molecule has 66 valence electrons. The van der Waals surface area contributed by atoms with Crippen molar-refractivity contribution in [3.8, 4) is 5.75 Å². The van der Waals surface area contributed by atoms with Gasteiger partial charge in [0.25, 0.3) is 0 Å². The fourth-order valence-electron chi connectivity index (χ4n) is 0.633. The summed E-state index contributed by atoms with van der Waals surface area (Å²) in [6, 6.07) is 4.81. The van der Waals surface area contributed by atoms with Crippen LogP contribution in [0.4, 0.5) is 4.39 Å². The number of hydrogen-bond acceptors (Lipinski definition) is 2. The largest absolute Gasteiger partial charge is 0.424 e. The molecule has 1 aromatic carbocycles. The minimum absolute atomic E-state index is 0.143. The highest BCUT2D eigenvalue weighted by Crippen LogP contribution is 2.37. The van der Waals surface area contributed by atoms with Crippen LogP contribution in [0.2, 0.25) is 0 Å². The predicted molar refractivity (Wildman–Crippen MR) is 45.8 cm³/mol. The van der Waals surface area contributed by atoms with Crippen molar-refractivity contribution in [3.63, 3.8) is 0 Å². The van der Waals surface area contributed by atoms with Gasteiger partial charge in [-0.3, -0.25) is 0 Å². The molecule has 1 rings (SSSR count). The number of halogens is 1. The van der Waals surface area contributed by atoms with E-state index >= 15 is 0 Å².